The molecule has 1 saturated heterocycles. The van der Waals surface area contributed by atoms with E-state index in [-0.39, 0.29) is 18.7 Å². The van der Waals surface area contributed by atoms with E-state index in [2.05, 4.69) is 19.2 Å². The van der Waals surface area contributed by atoms with E-state index >= 15 is 0 Å². The van der Waals surface area contributed by atoms with E-state index < -0.39 is 49.1 Å². The first-order valence-corrected chi connectivity index (χ1v) is 21.7. The number of aliphatic hydroxyl groups is 3. The Kier molecular flexibility index (Phi) is 30.3. The lowest BCUT2D eigenvalue weighted by atomic mass is 9.94. The van der Waals surface area contributed by atoms with Crippen LogP contribution in [-0.4, -0.2) is 86.8 Å². The molecular formula is C42H80N2O8. The summed E-state index contributed by atoms with van der Waals surface area (Å²) >= 11 is 0. The molecule has 1 aliphatic rings. The fourth-order valence-electron chi connectivity index (χ4n) is 7.31. The Balaban J connectivity index is 2.65. The molecule has 1 aliphatic heterocycles. The highest BCUT2D eigenvalue weighted by atomic mass is 16.5. The molecule has 0 saturated carbocycles. The third-order valence-corrected chi connectivity index (χ3v) is 10.7. The van der Waals surface area contributed by atoms with Crippen LogP contribution in [0.2, 0.25) is 0 Å². The average Bonchev–Trinajstić information content (AvgIpc) is 3.13. The molecule has 0 aromatic heterocycles. The van der Waals surface area contributed by atoms with Crippen LogP contribution < -0.4 is 5.32 Å². The van der Waals surface area contributed by atoms with Crippen molar-refractivity contribution in [1.29, 1.82) is 0 Å². The molecule has 0 spiro atoms. The number of carbonyl (C=O) groups excluding carboxylic acids is 2. The van der Waals surface area contributed by atoms with Crippen LogP contribution in [0.1, 0.15) is 206 Å². The van der Waals surface area contributed by atoms with Gasteiger partial charge in [0.05, 0.1) is 13.0 Å². The van der Waals surface area contributed by atoms with Gasteiger partial charge in [-0.25, -0.2) is 0 Å². The number of carbonyl (C=O) groups is 3. The molecule has 0 unspecified atom stereocenters. The first kappa shape index (κ1) is 48.3. The summed E-state index contributed by atoms with van der Waals surface area (Å²) in [6, 6.07) is -1.17. The van der Waals surface area contributed by atoms with E-state index in [1.807, 2.05) is 0 Å². The number of aliphatic hydroxyl groups excluding tert-OH is 3. The lowest BCUT2D eigenvalue weighted by Crippen LogP contribution is -2.68. The summed E-state index contributed by atoms with van der Waals surface area (Å²) in [5.74, 6) is -1.89. The quantitative estimate of drug-likeness (QED) is 0.0405. The van der Waals surface area contributed by atoms with Gasteiger partial charge in [0.25, 0.3) is 0 Å². The molecule has 10 nitrogen and oxygen atoms in total. The topological polar surface area (TPSA) is 157 Å². The van der Waals surface area contributed by atoms with Crippen molar-refractivity contribution < 1.29 is 39.5 Å². The van der Waals surface area contributed by atoms with Crippen molar-refractivity contribution >= 4 is 17.8 Å². The lowest BCUT2D eigenvalue weighted by molar-refractivity contribution is -0.231. The van der Waals surface area contributed by atoms with Crippen molar-refractivity contribution in [2.45, 2.75) is 237 Å². The van der Waals surface area contributed by atoms with Crippen LogP contribution in [0.5, 0.6) is 0 Å². The molecular weight excluding hydrogens is 660 g/mol. The highest BCUT2D eigenvalue weighted by Crippen LogP contribution is 2.26. The van der Waals surface area contributed by atoms with E-state index in [1.165, 1.54) is 122 Å². The fraction of sp³-hybridized carbons (Fsp3) is 0.929. The monoisotopic (exact) mass is 741 g/mol. The Morgan fingerprint density at radius 1 is 0.558 bits per heavy atom. The summed E-state index contributed by atoms with van der Waals surface area (Å²) in [5, 5.41) is 43.3. The lowest BCUT2D eigenvalue weighted by Gasteiger charge is -2.47. The number of ether oxygens (including phenoxy) is 1. The first-order chi connectivity index (χ1) is 25.3. The van der Waals surface area contributed by atoms with Crippen LogP contribution in [0.15, 0.2) is 0 Å². The number of carboxylic acid groups (broad SMARTS) is 1. The zero-order chi connectivity index (χ0) is 38.2. The Hall–Kier alpha value is -1.75. The minimum absolute atomic E-state index is 0.146. The minimum atomic E-state index is -1.51. The molecule has 306 valence electrons. The highest BCUT2D eigenvalue weighted by molar-refractivity contribution is 5.81. The Bertz CT molecular complexity index is 890. The molecule has 1 heterocycles. The molecule has 0 aromatic carbocycles. The Morgan fingerprint density at radius 2 is 0.962 bits per heavy atom. The van der Waals surface area contributed by atoms with Crippen molar-refractivity contribution in [2.75, 3.05) is 13.2 Å². The Morgan fingerprint density at radius 3 is 1.37 bits per heavy atom. The maximum atomic E-state index is 13.8. The van der Waals surface area contributed by atoms with Gasteiger partial charge in [0, 0.05) is 19.4 Å². The maximum absolute atomic E-state index is 13.8. The summed E-state index contributed by atoms with van der Waals surface area (Å²) in [7, 11) is 0. The molecule has 5 N–H and O–H groups in total. The van der Waals surface area contributed by atoms with Gasteiger partial charge in [0.1, 0.15) is 24.4 Å². The maximum Gasteiger partial charge on any atom is 0.303 e. The third kappa shape index (κ3) is 23.1. The zero-order valence-electron chi connectivity index (χ0n) is 33.4. The fourth-order valence-corrected chi connectivity index (χ4v) is 7.31. The number of rotatable bonds is 35. The number of nitrogens with zero attached hydrogens (tertiary/aromatic N) is 1. The van der Waals surface area contributed by atoms with Gasteiger partial charge >= 0.3 is 5.97 Å². The van der Waals surface area contributed by atoms with E-state index in [0.717, 1.165) is 51.4 Å². The van der Waals surface area contributed by atoms with Crippen LogP contribution in [0.25, 0.3) is 0 Å². The van der Waals surface area contributed by atoms with Crippen molar-refractivity contribution in [3.05, 3.63) is 0 Å². The molecule has 2 amide bonds. The second kappa shape index (κ2) is 32.7. The number of hydrogen-bond donors (Lipinski definition) is 5. The second-order valence-electron chi connectivity index (χ2n) is 15.4. The van der Waals surface area contributed by atoms with Crippen LogP contribution in [0, 0.1) is 0 Å². The number of unbranched alkanes of at least 4 members (excludes halogenated alkanes) is 25. The summed E-state index contributed by atoms with van der Waals surface area (Å²) in [6.07, 6.45) is 27.0. The highest BCUT2D eigenvalue weighted by Gasteiger charge is 2.48. The predicted molar refractivity (Wildman–Crippen MR) is 209 cm³/mol. The summed E-state index contributed by atoms with van der Waals surface area (Å²) in [5.41, 5.74) is 0. The molecule has 10 heteroatoms. The van der Waals surface area contributed by atoms with Crippen LogP contribution in [0.3, 0.4) is 0 Å². The molecule has 52 heavy (non-hydrogen) atoms. The second-order valence-corrected chi connectivity index (χ2v) is 15.4. The number of amides is 2. The van der Waals surface area contributed by atoms with Crippen molar-refractivity contribution in [2.24, 2.45) is 0 Å². The number of hydrogen-bond acceptors (Lipinski definition) is 7. The molecule has 0 aromatic rings. The number of nitrogens with one attached hydrogen (secondary N) is 1. The van der Waals surface area contributed by atoms with Crippen LogP contribution in [0.4, 0.5) is 0 Å². The largest absolute Gasteiger partial charge is 0.481 e. The van der Waals surface area contributed by atoms with Crippen LogP contribution >= 0.6 is 0 Å². The average molecular weight is 741 g/mol. The van der Waals surface area contributed by atoms with Gasteiger partial charge < -0.3 is 35.4 Å². The third-order valence-electron chi connectivity index (χ3n) is 10.7. The number of carboxylic acids is 1. The summed E-state index contributed by atoms with van der Waals surface area (Å²) in [6.45, 7) is 4.29. The van der Waals surface area contributed by atoms with Crippen LogP contribution in [-0.2, 0) is 19.1 Å². The summed E-state index contributed by atoms with van der Waals surface area (Å²) < 4.78 is 6.04. The van der Waals surface area contributed by atoms with E-state index in [4.69, 9.17) is 9.84 Å². The van der Waals surface area contributed by atoms with Gasteiger partial charge in [-0.15, -0.1) is 0 Å². The molecule has 1 rings (SSSR count). The molecule has 0 radical (unpaired) electrons. The minimum Gasteiger partial charge on any atom is -0.481 e. The smallest absolute Gasteiger partial charge is 0.303 e. The standard InChI is InChI=1S/C42H80N2O8/c1-3-5-7-9-11-13-15-17-18-19-20-22-24-26-28-30-37(47)44(33-29-27-25-23-21-16-14-12-10-8-6-4-2)42-39(43-36(46)31-32-38(48)49)41(51)40(50)35(34-45)52-42/h35,39-42,45,50-51H,3-34H2,1-2H3,(H,43,46)(H,48,49)/t35-,39-,40+,41-,42-/m1/s1. The van der Waals surface area contributed by atoms with Gasteiger partial charge in [-0.05, 0) is 12.8 Å². The van der Waals surface area contributed by atoms with Gasteiger partial charge in [0.15, 0.2) is 6.23 Å². The Labute approximate surface area is 317 Å². The van der Waals surface area contributed by atoms with Crippen molar-refractivity contribution in [1.82, 2.24) is 10.2 Å². The first-order valence-electron chi connectivity index (χ1n) is 21.7. The normalized spacial score (nSPS) is 20.2. The number of aliphatic carboxylic acids is 1. The predicted octanol–water partition coefficient (Wildman–Crippen LogP) is 8.57. The molecule has 5 atom stereocenters. The SMILES string of the molecule is CCCCCCCCCCCCCCCCCC(=O)N(CCCCCCCCCCCCCC)[C@@H]1O[C@H](CO)[C@H](O)[C@H](O)[C@H]1NC(=O)CCC(=O)O. The van der Waals surface area contributed by atoms with Crippen molar-refractivity contribution in [3.8, 4) is 0 Å². The van der Waals surface area contributed by atoms with Gasteiger partial charge in [-0.3, -0.25) is 14.4 Å². The molecule has 0 aliphatic carbocycles. The van der Waals surface area contributed by atoms with E-state index in [1.54, 1.807) is 4.90 Å². The summed E-state index contributed by atoms with van der Waals surface area (Å²) in [4.78, 5) is 39.1. The van der Waals surface area contributed by atoms with E-state index in [9.17, 15) is 29.7 Å². The molecule has 0 bridgehead atoms. The van der Waals surface area contributed by atoms with Gasteiger partial charge in [-0.2, -0.15) is 0 Å². The zero-order valence-corrected chi connectivity index (χ0v) is 33.4. The van der Waals surface area contributed by atoms with Crippen molar-refractivity contribution in [3.63, 3.8) is 0 Å². The van der Waals surface area contributed by atoms with E-state index in [0.29, 0.717) is 13.0 Å². The van der Waals surface area contributed by atoms with Gasteiger partial charge in [-0.1, -0.05) is 174 Å². The van der Waals surface area contributed by atoms with Gasteiger partial charge in [0.2, 0.25) is 11.8 Å². The molecule has 1 fully saturated rings.